The second kappa shape index (κ2) is 9.01. The zero-order valence-electron chi connectivity index (χ0n) is 17.1. The first-order valence-electron chi connectivity index (χ1n) is 9.71. The third-order valence-corrected chi connectivity index (χ3v) is 6.20. The molecule has 0 fully saturated rings. The number of carbonyl (C=O) groups excluding carboxylic acids is 1. The number of hydrogen-bond acceptors (Lipinski definition) is 5. The fraction of sp³-hybridized carbons (Fsp3) is 0.381. The van der Waals surface area contributed by atoms with Crippen molar-refractivity contribution in [2.24, 2.45) is 0 Å². The Balaban J connectivity index is 1.90. The molecule has 0 radical (unpaired) electrons. The van der Waals surface area contributed by atoms with Gasteiger partial charge in [0.25, 0.3) is 5.91 Å². The fourth-order valence-electron chi connectivity index (χ4n) is 3.18. The smallest absolute Gasteiger partial charge is 0.257 e. The van der Waals surface area contributed by atoms with E-state index in [4.69, 9.17) is 9.47 Å². The normalized spacial score (nSPS) is 13.4. The van der Waals surface area contributed by atoms with Gasteiger partial charge in [0, 0.05) is 24.7 Å². The summed E-state index contributed by atoms with van der Waals surface area (Å²) in [6.45, 7) is 6.44. The van der Waals surface area contributed by atoms with Crippen LogP contribution in [0.5, 0.6) is 11.5 Å². The van der Waals surface area contributed by atoms with Crippen LogP contribution in [0.25, 0.3) is 0 Å². The molecule has 1 amide bonds. The summed E-state index contributed by atoms with van der Waals surface area (Å²) in [5.41, 5.74) is 0.429. The van der Waals surface area contributed by atoms with E-state index in [9.17, 15) is 17.6 Å². The number of nitrogens with one attached hydrogen (secondary N) is 1. The second-order valence-corrected chi connectivity index (χ2v) is 8.89. The molecule has 0 aliphatic carbocycles. The first-order chi connectivity index (χ1) is 14.2. The fourth-order valence-corrected chi connectivity index (χ4v) is 4.45. The molecule has 30 heavy (non-hydrogen) atoms. The monoisotopic (exact) mass is 436 g/mol. The zero-order valence-corrected chi connectivity index (χ0v) is 18.0. The molecule has 1 heterocycles. The number of sulfonamides is 1. The van der Waals surface area contributed by atoms with Crippen LogP contribution < -0.4 is 14.2 Å². The molecule has 162 valence electrons. The first kappa shape index (κ1) is 22.0. The van der Waals surface area contributed by atoms with Gasteiger partial charge in [-0.05, 0) is 45.0 Å². The topological polar surface area (TPSA) is 84.9 Å². The Kier molecular flexibility index (Phi) is 6.62. The Morgan fingerprint density at radius 3 is 2.63 bits per heavy atom. The molecule has 7 nitrogen and oxygen atoms in total. The number of benzene rings is 2. The van der Waals surface area contributed by atoms with E-state index >= 15 is 0 Å². The van der Waals surface area contributed by atoms with Crippen LogP contribution in [-0.4, -0.2) is 45.0 Å². The van der Waals surface area contributed by atoms with Crippen molar-refractivity contribution in [1.29, 1.82) is 0 Å². The molecule has 0 bridgehead atoms. The minimum atomic E-state index is -3.86. The highest BCUT2D eigenvalue weighted by atomic mass is 32.2. The van der Waals surface area contributed by atoms with Gasteiger partial charge in [-0.25, -0.2) is 17.5 Å². The van der Waals surface area contributed by atoms with Gasteiger partial charge in [-0.1, -0.05) is 12.1 Å². The molecule has 0 atom stereocenters. The van der Waals surface area contributed by atoms with Crippen molar-refractivity contribution in [2.45, 2.75) is 38.3 Å². The number of rotatable bonds is 7. The Labute approximate surface area is 175 Å². The standard InChI is InChI=1S/C21H25FN2O5S/c1-4-24(13-15-6-5-7-19-20(15)29-11-10-28-19)21(25)17-12-16(8-9-18(17)22)30(26,27)23-14(2)3/h5-9,12,14,23H,4,10-11,13H2,1-3H3. The number of hydrogen-bond donors (Lipinski definition) is 1. The average Bonchev–Trinajstić information content (AvgIpc) is 2.71. The molecule has 1 aliphatic heterocycles. The van der Waals surface area contributed by atoms with E-state index in [1.807, 2.05) is 6.07 Å². The number of amides is 1. The number of para-hydroxylation sites is 1. The molecule has 0 spiro atoms. The molecule has 1 N–H and O–H groups in total. The summed E-state index contributed by atoms with van der Waals surface area (Å²) in [4.78, 5) is 14.3. The van der Waals surface area contributed by atoms with Crippen LogP contribution in [0.4, 0.5) is 4.39 Å². The summed E-state index contributed by atoms with van der Waals surface area (Å²) in [7, 11) is -3.86. The second-order valence-electron chi connectivity index (χ2n) is 7.18. The minimum Gasteiger partial charge on any atom is -0.486 e. The lowest BCUT2D eigenvalue weighted by Crippen LogP contribution is -2.33. The van der Waals surface area contributed by atoms with Gasteiger partial charge in [0.2, 0.25) is 10.0 Å². The van der Waals surface area contributed by atoms with Gasteiger partial charge in [-0.15, -0.1) is 0 Å². The number of nitrogens with zero attached hydrogens (tertiary/aromatic N) is 1. The molecule has 3 rings (SSSR count). The molecule has 0 aromatic heterocycles. The lowest BCUT2D eigenvalue weighted by Gasteiger charge is -2.25. The molecule has 2 aromatic rings. The lowest BCUT2D eigenvalue weighted by atomic mass is 10.1. The summed E-state index contributed by atoms with van der Waals surface area (Å²) >= 11 is 0. The highest BCUT2D eigenvalue weighted by Gasteiger charge is 2.25. The maximum absolute atomic E-state index is 14.5. The summed E-state index contributed by atoms with van der Waals surface area (Å²) < 4.78 is 53.0. The predicted molar refractivity (Wildman–Crippen MR) is 110 cm³/mol. The van der Waals surface area contributed by atoms with Gasteiger partial charge in [0.15, 0.2) is 11.5 Å². The van der Waals surface area contributed by atoms with Crippen LogP contribution >= 0.6 is 0 Å². The predicted octanol–water partition coefficient (Wildman–Crippen LogP) is 2.95. The number of fused-ring (bicyclic) bond motifs is 1. The van der Waals surface area contributed by atoms with E-state index in [1.165, 1.54) is 4.90 Å². The van der Waals surface area contributed by atoms with Gasteiger partial charge in [-0.2, -0.15) is 0 Å². The van der Waals surface area contributed by atoms with Crippen LogP contribution in [0, 0.1) is 5.82 Å². The van der Waals surface area contributed by atoms with Crippen molar-refractivity contribution in [3.8, 4) is 11.5 Å². The maximum atomic E-state index is 14.5. The van der Waals surface area contributed by atoms with Crippen molar-refractivity contribution < 1.29 is 27.1 Å². The van der Waals surface area contributed by atoms with E-state index < -0.39 is 21.7 Å². The lowest BCUT2D eigenvalue weighted by molar-refractivity contribution is 0.0744. The highest BCUT2D eigenvalue weighted by Crippen LogP contribution is 2.34. The summed E-state index contributed by atoms with van der Waals surface area (Å²) in [5, 5.41) is 0. The highest BCUT2D eigenvalue weighted by molar-refractivity contribution is 7.89. The number of carbonyl (C=O) groups is 1. The molecule has 0 unspecified atom stereocenters. The van der Waals surface area contributed by atoms with Crippen molar-refractivity contribution in [3.63, 3.8) is 0 Å². The third kappa shape index (κ3) is 4.73. The van der Waals surface area contributed by atoms with E-state index in [2.05, 4.69) is 4.72 Å². The molecular formula is C21H25FN2O5S. The summed E-state index contributed by atoms with van der Waals surface area (Å²) in [5.74, 6) is -0.225. The average molecular weight is 437 g/mol. The van der Waals surface area contributed by atoms with Gasteiger partial charge in [0.1, 0.15) is 19.0 Å². The molecule has 1 aliphatic rings. The van der Waals surface area contributed by atoms with E-state index in [0.29, 0.717) is 31.3 Å². The van der Waals surface area contributed by atoms with Gasteiger partial charge < -0.3 is 14.4 Å². The Bertz CT molecular complexity index is 1040. The molecule has 9 heteroatoms. The Morgan fingerprint density at radius 2 is 1.93 bits per heavy atom. The van der Waals surface area contributed by atoms with E-state index in [1.54, 1.807) is 32.9 Å². The number of ether oxygens (including phenoxy) is 2. The summed E-state index contributed by atoms with van der Waals surface area (Å²) in [6.07, 6.45) is 0. The Hall–Kier alpha value is -2.65. The summed E-state index contributed by atoms with van der Waals surface area (Å²) in [6, 6.07) is 8.28. The van der Waals surface area contributed by atoms with Crippen molar-refractivity contribution in [3.05, 3.63) is 53.3 Å². The van der Waals surface area contributed by atoms with Crippen molar-refractivity contribution in [1.82, 2.24) is 9.62 Å². The quantitative estimate of drug-likeness (QED) is 0.721. The van der Waals surface area contributed by atoms with Crippen molar-refractivity contribution in [2.75, 3.05) is 19.8 Å². The molecular weight excluding hydrogens is 411 g/mol. The molecule has 0 saturated carbocycles. The van der Waals surface area contributed by atoms with Crippen LogP contribution in [0.2, 0.25) is 0 Å². The van der Waals surface area contributed by atoms with Crippen LogP contribution in [0.1, 0.15) is 36.7 Å². The van der Waals surface area contributed by atoms with Crippen molar-refractivity contribution >= 4 is 15.9 Å². The Morgan fingerprint density at radius 1 is 1.20 bits per heavy atom. The van der Waals surface area contributed by atoms with Gasteiger partial charge in [0.05, 0.1) is 10.5 Å². The van der Waals surface area contributed by atoms with Crippen LogP contribution in [0.15, 0.2) is 41.3 Å². The maximum Gasteiger partial charge on any atom is 0.257 e. The third-order valence-electron chi connectivity index (χ3n) is 4.55. The van der Waals surface area contributed by atoms with Gasteiger partial charge >= 0.3 is 0 Å². The minimum absolute atomic E-state index is 0.161. The largest absolute Gasteiger partial charge is 0.486 e. The SMILES string of the molecule is CCN(Cc1cccc2c1OCCO2)C(=O)c1cc(S(=O)(=O)NC(C)C)ccc1F. The van der Waals surface area contributed by atoms with E-state index in [-0.39, 0.29) is 23.0 Å². The zero-order chi connectivity index (χ0) is 21.9. The van der Waals surface area contributed by atoms with Crippen LogP contribution in [-0.2, 0) is 16.6 Å². The van der Waals surface area contributed by atoms with Gasteiger partial charge in [-0.3, -0.25) is 4.79 Å². The number of halogens is 1. The molecule has 2 aromatic carbocycles. The van der Waals surface area contributed by atoms with Crippen LogP contribution in [0.3, 0.4) is 0 Å². The van der Waals surface area contributed by atoms with E-state index in [0.717, 1.165) is 23.8 Å². The first-order valence-corrected chi connectivity index (χ1v) is 11.2. The molecule has 0 saturated heterocycles.